The summed E-state index contributed by atoms with van der Waals surface area (Å²) in [5.41, 5.74) is 1.98. The molecule has 2 fully saturated rings. The van der Waals surface area contributed by atoms with E-state index in [9.17, 15) is 4.79 Å². The van der Waals surface area contributed by atoms with Crippen LogP contribution < -0.4 is 5.32 Å². The second kappa shape index (κ2) is 9.26. The van der Waals surface area contributed by atoms with Gasteiger partial charge in [0.15, 0.2) is 5.79 Å². The third-order valence-electron chi connectivity index (χ3n) is 5.52. The van der Waals surface area contributed by atoms with Gasteiger partial charge in [0.1, 0.15) is 0 Å². The average Bonchev–Trinajstić information content (AvgIpc) is 3.21. The number of benzene rings is 1. The number of hydrogen-bond donors (Lipinski definition) is 1. The smallest absolute Gasteiger partial charge is 0.241 e. The molecular formula is C22H27N3O3S. The van der Waals surface area contributed by atoms with Crippen LogP contribution in [0.25, 0.3) is 0 Å². The summed E-state index contributed by atoms with van der Waals surface area (Å²) in [6, 6.07) is 13.7. The van der Waals surface area contributed by atoms with E-state index in [1.54, 1.807) is 18.0 Å². The van der Waals surface area contributed by atoms with Crippen molar-refractivity contribution in [1.82, 2.24) is 9.88 Å². The highest BCUT2D eigenvalue weighted by atomic mass is 32.2. The SMILES string of the molecule is C[C@H](C(=O)Nc1cccc(CSc2ccccn2)c1)N1CCC2(CC1)OCCO2. The summed E-state index contributed by atoms with van der Waals surface area (Å²) >= 11 is 1.68. The molecule has 2 aromatic rings. The van der Waals surface area contributed by atoms with E-state index in [1.165, 1.54) is 0 Å². The Labute approximate surface area is 176 Å². The van der Waals surface area contributed by atoms with Crippen LogP contribution in [0.1, 0.15) is 25.3 Å². The molecule has 0 radical (unpaired) electrons. The summed E-state index contributed by atoms with van der Waals surface area (Å²) in [5, 5.41) is 4.06. The summed E-state index contributed by atoms with van der Waals surface area (Å²) in [6.45, 7) is 4.91. The summed E-state index contributed by atoms with van der Waals surface area (Å²) in [7, 11) is 0. The Morgan fingerprint density at radius 1 is 1.21 bits per heavy atom. The number of likely N-dealkylation sites (tertiary alicyclic amines) is 1. The normalized spacial score (nSPS) is 19.9. The van der Waals surface area contributed by atoms with Crippen LogP contribution in [0.2, 0.25) is 0 Å². The van der Waals surface area contributed by atoms with E-state index in [2.05, 4.69) is 21.3 Å². The van der Waals surface area contributed by atoms with Crippen LogP contribution in [-0.2, 0) is 20.0 Å². The Morgan fingerprint density at radius 2 is 2.00 bits per heavy atom. The molecule has 0 aliphatic carbocycles. The van der Waals surface area contributed by atoms with E-state index < -0.39 is 5.79 Å². The van der Waals surface area contributed by atoms with Gasteiger partial charge in [-0.15, -0.1) is 11.8 Å². The van der Waals surface area contributed by atoms with Crippen molar-refractivity contribution in [3.8, 4) is 0 Å². The molecule has 154 valence electrons. The minimum absolute atomic E-state index is 0.0173. The highest BCUT2D eigenvalue weighted by molar-refractivity contribution is 7.98. The molecule has 1 amide bonds. The van der Waals surface area contributed by atoms with Crippen molar-refractivity contribution in [1.29, 1.82) is 0 Å². The third-order valence-corrected chi connectivity index (χ3v) is 6.53. The predicted octanol–water partition coefficient (Wildman–Crippen LogP) is 3.54. The van der Waals surface area contributed by atoms with E-state index >= 15 is 0 Å². The number of rotatable bonds is 6. The monoisotopic (exact) mass is 413 g/mol. The number of pyridine rings is 1. The Kier molecular flexibility index (Phi) is 6.50. The molecule has 2 saturated heterocycles. The number of piperidine rings is 1. The van der Waals surface area contributed by atoms with Gasteiger partial charge in [-0.25, -0.2) is 4.98 Å². The summed E-state index contributed by atoms with van der Waals surface area (Å²) in [5.74, 6) is 0.417. The lowest BCUT2D eigenvalue weighted by molar-refractivity contribution is -0.187. The van der Waals surface area contributed by atoms with E-state index in [0.717, 1.165) is 48.0 Å². The zero-order chi connectivity index (χ0) is 20.1. The lowest BCUT2D eigenvalue weighted by atomic mass is 10.0. The van der Waals surface area contributed by atoms with Crippen molar-refractivity contribution in [2.45, 2.75) is 42.4 Å². The van der Waals surface area contributed by atoms with Crippen LogP contribution in [0.3, 0.4) is 0 Å². The maximum Gasteiger partial charge on any atom is 0.241 e. The molecule has 2 aliphatic rings. The second-order valence-corrected chi connectivity index (χ2v) is 8.46. The summed E-state index contributed by atoms with van der Waals surface area (Å²) in [6.07, 6.45) is 3.42. The van der Waals surface area contributed by atoms with Crippen molar-refractivity contribution < 1.29 is 14.3 Å². The lowest BCUT2D eigenvalue weighted by Crippen LogP contribution is -2.51. The predicted molar refractivity (Wildman–Crippen MR) is 114 cm³/mol. The Hall–Kier alpha value is -1.93. The minimum atomic E-state index is -0.410. The number of carbonyl (C=O) groups excluding carboxylic acids is 1. The fourth-order valence-electron chi connectivity index (χ4n) is 3.78. The maximum atomic E-state index is 12.8. The fraction of sp³-hybridized carbons (Fsp3) is 0.455. The van der Waals surface area contributed by atoms with Gasteiger partial charge in [0.05, 0.1) is 24.3 Å². The van der Waals surface area contributed by atoms with Gasteiger partial charge in [-0.1, -0.05) is 18.2 Å². The number of carbonyl (C=O) groups is 1. The molecule has 7 heteroatoms. The topological polar surface area (TPSA) is 63.7 Å². The van der Waals surface area contributed by atoms with Crippen LogP contribution in [0, 0.1) is 0 Å². The molecule has 1 aromatic heterocycles. The number of hydrogen-bond acceptors (Lipinski definition) is 6. The van der Waals surface area contributed by atoms with Gasteiger partial charge in [-0.2, -0.15) is 0 Å². The van der Waals surface area contributed by atoms with Gasteiger partial charge in [0.2, 0.25) is 5.91 Å². The van der Waals surface area contributed by atoms with Crippen molar-refractivity contribution in [2.24, 2.45) is 0 Å². The van der Waals surface area contributed by atoms with E-state index in [4.69, 9.17) is 9.47 Å². The quantitative estimate of drug-likeness (QED) is 0.731. The van der Waals surface area contributed by atoms with E-state index in [0.29, 0.717) is 13.2 Å². The van der Waals surface area contributed by atoms with Crippen LogP contribution in [0.4, 0.5) is 5.69 Å². The number of aromatic nitrogens is 1. The van der Waals surface area contributed by atoms with Crippen LogP contribution in [0.5, 0.6) is 0 Å². The highest BCUT2D eigenvalue weighted by Crippen LogP contribution is 2.32. The first kappa shape index (κ1) is 20.3. The average molecular weight is 414 g/mol. The first-order valence-electron chi connectivity index (χ1n) is 10.1. The molecule has 6 nitrogen and oxygen atoms in total. The van der Waals surface area contributed by atoms with Crippen molar-refractivity contribution in [3.05, 3.63) is 54.2 Å². The van der Waals surface area contributed by atoms with Crippen LogP contribution in [-0.4, -0.2) is 53.9 Å². The number of ether oxygens (including phenoxy) is 2. The van der Waals surface area contributed by atoms with Gasteiger partial charge in [-0.3, -0.25) is 9.69 Å². The number of nitrogens with one attached hydrogen (secondary N) is 1. The molecule has 0 bridgehead atoms. The largest absolute Gasteiger partial charge is 0.347 e. The molecule has 1 spiro atoms. The van der Waals surface area contributed by atoms with Crippen molar-refractivity contribution >= 4 is 23.4 Å². The molecule has 2 aliphatic heterocycles. The minimum Gasteiger partial charge on any atom is -0.347 e. The number of nitrogens with zero attached hydrogens (tertiary/aromatic N) is 2. The Bertz CT molecular complexity index is 817. The number of amides is 1. The third kappa shape index (κ3) is 5.17. The molecule has 1 N–H and O–H groups in total. The van der Waals surface area contributed by atoms with Crippen LogP contribution in [0.15, 0.2) is 53.7 Å². The van der Waals surface area contributed by atoms with Gasteiger partial charge >= 0.3 is 0 Å². The highest BCUT2D eigenvalue weighted by Gasteiger charge is 2.41. The Morgan fingerprint density at radius 3 is 2.72 bits per heavy atom. The number of thioether (sulfide) groups is 1. The molecule has 3 heterocycles. The first-order chi connectivity index (χ1) is 14.1. The van der Waals surface area contributed by atoms with Gasteiger partial charge in [0.25, 0.3) is 0 Å². The molecule has 29 heavy (non-hydrogen) atoms. The first-order valence-corrected chi connectivity index (χ1v) is 11.1. The van der Waals surface area contributed by atoms with Gasteiger partial charge in [0, 0.05) is 43.6 Å². The standard InChI is InChI=1S/C22H27N3O3S/c1-17(25-11-8-22(9-12-25)27-13-14-28-22)21(26)24-19-6-4-5-18(15-19)16-29-20-7-2-3-10-23-20/h2-7,10,15,17H,8-9,11-14,16H2,1H3,(H,24,26)/t17-/m1/s1. The van der Waals surface area contributed by atoms with Gasteiger partial charge < -0.3 is 14.8 Å². The molecular weight excluding hydrogens is 386 g/mol. The second-order valence-electron chi connectivity index (χ2n) is 7.47. The zero-order valence-electron chi connectivity index (χ0n) is 16.7. The van der Waals surface area contributed by atoms with Crippen molar-refractivity contribution in [3.63, 3.8) is 0 Å². The zero-order valence-corrected chi connectivity index (χ0v) is 17.5. The van der Waals surface area contributed by atoms with E-state index in [1.807, 2.05) is 43.3 Å². The Balaban J connectivity index is 1.30. The lowest BCUT2D eigenvalue weighted by Gasteiger charge is -2.39. The molecule has 0 saturated carbocycles. The van der Waals surface area contributed by atoms with Crippen molar-refractivity contribution in [2.75, 3.05) is 31.6 Å². The number of anilines is 1. The van der Waals surface area contributed by atoms with E-state index in [-0.39, 0.29) is 11.9 Å². The summed E-state index contributed by atoms with van der Waals surface area (Å²) < 4.78 is 11.6. The van der Waals surface area contributed by atoms with Gasteiger partial charge in [-0.05, 0) is 36.8 Å². The molecule has 1 atom stereocenters. The molecule has 4 rings (SSSR count). The molecule has 1 aromatic carbocycles. The fourth-order valence-corrected chi connectivity index (χ4v) is 4.58. The van der Waals surface area contributed by atoms with Crippen LogP contribution >= 0.6 is 11.8 Å². The summed E-state index contributed by atoms with van der Waals surface area (Å²) in [4.78, 5) is 19.3. The molecule has 0 unspecified atom stereocenters. The maximum absolute atomic E-state index is 12.8.